The van der Waals surface area contributed by atoms with Gasteiger partial charge in [0.25, 0.3) is 5.69 Å². The van der Waals surface area contributed by atoms with E-state index in [1.165, 1.54) is 31.3 Å². The second kappa shape index (κ2) is 8.86. The lowest BCUT2D eigenvalue weighted by Gasteiger charge is -2.32. The minimum Gasteiger partial charge on any atom is -0.480 e. The van der Waals surface area contributed by atoms with Gasteiger partial charge in [-0.05, 0) is 30.2 Å². The zero-order valence-electron chi connectivity index (χ0n) is 15.6. The maximum absolute atomic E-state index is 13.6. The summed E-state index contributed by atoms with van der Waals surface area (Å²) in [7, 11) is -2.83. The first-order chi connectivity index (χ1) is 13.1. The predicted molar refractivity (Wildman–Crippen MR) is 102 cm³/mol. The summed E-state index contributed by atoms with van der Waals surface area (Å²) in [5, 5.41) is 20.4. The summed E-state index contributed by atoms with van der Waals surface area (Å²) in [5.74, 6) is -1.30. The third-order valence-corrected chi connectivity index (χ3v) is 5.81. The first-order valence-electron chi connectivity index (χ1n) is 8.39. The van der Waals surface area contributed by atoms with Crippen LogP contribution in [0.2, 0.25) is 0 Å². The molecule has 0 heterocycles. The molecular weight excluding hydrogens is 387 g/mol. The van der Waals surface area contributed by atoms with Gasteiger partial charge in [0.15, 0.2) is 0 Å². The quantitative estimate of drug-likeness (QED) is 0.372. The molecule has 0 saturated heterocycles. The van der Waals surface area contributed by atoms with Crippen molar-refractivity contribution < 1.29 is 28.4 Å². The van der Waals surface area contributed by atoms with E-state index in [2.05, 4.69) is 0 Å². The highest BCUT2D eigenvalue weighted by atomic mass is 31.2. The minimum absolute atomic E-state index is 0.0459. The SMILES string of the molecule is CC(C)C(C(=O)O)N(C)P(=O)(Oc1ccccc1)Oc1ccc([N+](=O)[O-])cc1. The number of non-ortho nitro benzene ring substituents is 1. The van der Waals surface area contributed by atoms with Crippen molar-refractivity contribution in [2.24, 2.45) is 5.92 Å². The molecule has 0 spiro atoms. The highest BCUT2D eigenvalue weighted by molar-refractivity contribution is 7.52. The molecule has 10 heteroatoms. The zero-order chi connectivity index (χ0) is 20.9. The van der Waals surface area contributed by atoms with Crippen LogP contribution >= 0.6 is 7.75 Å². The molecule has 0 bridgehead atoms. The van der Waals surface area contributed by atoms with Gasteiger partial charge in [0.1, 0.15) is 17.5 Å². The first kappa shape index (κ1) is 21.4. The Labute approximate surface area is 162 Å². The number of hydrogen-bond acceptors (Lipinski definition) is 6. The van der Waals surface area contributed by atoms with Crippen molar-refractivity contribution >= 4 is 19.4 Å². The van der Waals surface area contributed by atoms with Gasteiger partial charge in [0.05, 0.1) is 4.92 Å². The van der Waals surface area contributed by atoms with Crippen molar-refractivity contribution in [1.29, 1.82) is 0 Å². The monoisotopic (exact) mass is 408 g/mol. The Balaban J connectivity index is 2.41. The van der Waals surface area contributed by atoms with Crippen molar-refractivity contribution in [3.8, 4) is 11.5 Å². The number of rotatable bonds is 9. The molecule has 9 nitrogen and oxygen atoms in total. The fourth-order valence-electron chi connectivity index (χ4n) is 2.55. The van der Waals surface area contributed by atoms with Gasteiger partial charge in [0.2, 0.25) is 0 Å². The lowest BCUT2D eigenvalue weighted by Crippen LogP contribution is -2.42. The minimum atomic E-state index is -4.17. The molecule has 2 rings (SSSR count). The van der Waals surface area contributed by atoms with E-state index < -0.39 is 30.6 Å². The number of likely N-dealkylation sites (N-methyl/N-ethyl adjacent to an activating group) is 1. The molecule has 0 radical (unpaired) electrons. The molecule has 150 valence electrons. The molecule has 2 unspecified atom stereocenters. The second-order valence-electron chi connectivity index (χ2n) is 6.32. The van der Waals surface area contributed by atoms with Crippen LogP contribution in [-0.2, 0) is 9.36 Å². The molecule has 0 fully saturated rings. The van der Waals surface area contributed by atoms with Crippen molar-refractivity contribution in [1.82, 2.24) is 4.67 Å². The maximum atomic E-state index is 13.6. The summed E-state index contributed by atoms with van der Waals surface area (Å²) in [6.45, 7) is 3.35. The van der Waals surface area contributed by atoms with Crippen LogP contribution in [0.1, 0.15) is 13.8 Å². The van der Waals surface area contributed by atoms with Crippen molar-refractivity contribution in [3.05, 3.63) is 64.7 Å². The lowest BCUT2D eigenvalue weighted by molar-refractivity contribution is -0.384. The van der Waals surface area contributed by atoms with Crippen LogP contribution in [0.3, 0.4) is 0 Å². The summed E-state index contributed by atoms with van der Waals surface area (Å²) in [5.41, 5.74) is -0.162. The van der Waals surface area contributed by atoms with Crippen molar-refractivity contribution in [2.75, 3.05) is 7.05 Å². The Morgan fingerprint density at radius 3 is 2.00 bits per heavy atom. The summed E-state index contributed by atoms with van der Waals surface area (Å²) in [4.78, 5) is 21.9. The highest BCUT2D eigenvalue weighted by Gasteiger charge is 2.43. The number of aliphatic carboxylic acids is 1. The largest absolute Gasteiger partial charge is 0.516 e. The Bertz CT molecular complexity index is 871. The highest BCUT2D eigenvalue weighted by Crippen LogP contribution is 2.52. The van der Waals surface area contributed by atoms with E-state index in [0.29, 0.717) is 0 Å². The van der Waals surface area contributed by atoms with Crippen molar-refractivity contribution in [2.45, 2.75) is 19.9 Å². The van der Waals surface area contributed by atoms with E-state index in [1.807, 2.05) is 0 Å². The lowest BCUT2D eigenvalue weighted by atomic mass is 10.1. The van der Waals surface area contributed by atoms with Gasteiger partial charge in [-0.15, -0.1) is 0 Å². The van der Waals surface area contributed by atoms with E-state index in [4.69, 9.17) is 9.05 Å². The predicted octanol–water partition coefficient (Wildman–Crippen LogP) is 4.20. The van der Waals surface area contributed by atoms with Crippen LogP contribution in [0.4, 0.5) is 5.69 Å². The third-order valence-electron chi connectivity index (χ3n) is 3.91. The summed E-state index contributed by atoms with van der Waals surface area (Å²) in [6.07, 6.45) is 0. The average Bonchev–Trinajstić information content (AvgIpc) is 2.62. The normalized spacial score (nSPS) is 14.3. The van der Waals surface area contributed by atoms with E-state index in [0.717, 1.165) is 4.67 Å². The molecule has 0 aliphatic rings. The summed E-state index contributed by atoms with van der Waals surface area (Å²) < 4.78 is 25.8. The second-order valence-corrected chi connectivity index (χ2v) is 8.25. The fourth-order valence-corrected chi connectivity index (χ4v) is 4.29. The van der Waals surface area contributed by atoms with Crippen LogP contribution in [0.15, 0.2) is 54.6 Å². The molecule has 0 aliphatic heterocycles. The van der Waals surface area contributed by atoms with Crippen molar-refractivity contribution in [3.63, 3.8) is 0 Å². The molecule has 2 aromatic rings. The van der Waals surface area contributed by atoms with Crippen LogP contribution < -0.4 is 9.05 Å². The first-order valence-corrected chi connectivity index (χ1v) is 9.88. The number of benzene rings is 2. The average molecular weight is 408 g/mol. The summed E-state index contributed by atoms with van der Waals surface area (Å²) in [6, 6.07) is 12.0. The van der Waals surface area contributed by atoms with Gasteiger partial charge in [-0.1, -0.05) is 32.0 Å². The van der Waals surface area contributed by atoms with Gasteiger partial charge >= 0.3 is 13.7 Å². The maximum Gasteiger partial charge on any atom is 0.516 e. The molecule has 2 atom stereocenters. The van der Waals surface area contributed by atoms with Gasteiger partial charge in [-0.2, -0.15) is 4.67 Å². The number of para-hydroxylation sites is 1. The number of carboxylic acid groups (broad SMARTS) is 1. The van der Waals surface area contributed by atoms with E-state index in [1.54, 1.807) is 44.2 Å². The Kier molecular flexibility index (Phi) is 6.77. The number of hydrogen-bond donors (Lipinski definition) is 1. The van der Waals surface area contributed by atoms with Crippen LogP contribution in [-0.4, -0.2) is 33.8 Å². The van der Waals surface area contributed by atoms with E-state index in [9.17, 15) is 24.6 Å². The molecular formula is C18H21N2O7P. The Hall–Kier alpha value is -2.90. The van der Waals surface area contributed by atoms with Gasteiger partial charge in [0, 0.05) is 19.2 Å². The van der Waals surface area contributed by atoms with Gasteiger partial charge in [-0.3, -0.25) is 14.9 Å². The van der Waals surface area contributed by atoms with Crippen LogP contribution in [0.5, 0.6) is 11.5 Å². The van der Waals surface area contributed by atoms with Crippen LogP contribution in [0.25, 0.3) is 0 Å². The molecule has 28 heavy (non-hydrogen) atoms. The Morgan fingerprint density at radius 1 is 1.07 bits per heavy atom. The topological polar surface area (TPSA) is 119 Å². The van der Waals surface area contributed by atoms with Gasteiger partial charge < -0.3 is 14.2 Å². The molecule has 0 saturated carbocycles. The smallest absolute Gasteiger partial charge is 0.480 e. The molecule has 2 aromatic carbocycles. The number of nitro benzene ring substituents is 1. The standard InChI is InChI=1S/C18H21N2O7P/c1-13(2)17(18(21)22)19(3)28(25,26-15-7-5-4-6-8-15)27-16-11-9-14(10-12-16)20(23)24/h4-13,17H,1-3H3,(H,21,22). The number of carbonyl (C=O) groups is 1. The summed E-state index contributed by atoms with van der Waals surface area (Å²) >= 11 is 0. The van der Waals surface area contributed by atoms with E-state index in [-0.39, 0.29) is 17.2 Å². The third kappa shape index (κ3) is 5.09. The zero-order valence-corrected chi connectivity index (χ0v) is 16.5. The molecule has 0 amide bonds. The molecule has 1 N–H and O–H groups in total. The molecule has 0 aliphatic carbocycles. The Morgan fingerprint density at radius 2 is 1.57 bits per heavy atom. The fraction of sp³-hybridized carbons (Fsp3) is 0.278. The number of nitrogens with zero attached hydrogens (tertiary/aromatic N) is 2. The van der Waals surface area contributed by atoms with Crippen LogP contribution in [0, 0.1) is 16.0 Å². The number of carboxylic acids is 1. The van der Waals surface area contributed by atoms with Gasteiger partial charge in [-0.25, -0.2) is 4.57 Å². The number of nitro groups is 1. The molecule has 0 aromatic heterocycles. The van der Waals surface area contributed by atoms with E-state index >= 15 is 0 Å².